The zero-order chi connectivity index (χ0) is 12.9. The standard InChI is InChI=1S/C13H26N2O2/c1-5-15(3)13(14-2)8-6-11(7-9-13)10-12(16)17-4/h11,14H,5-10H2,1-4H3. The van der Waals surface area contributed by atoms with E-state index in [1.807, 2.05) is 7.05 Å². The molecule has 1 aliphatic rings. The summed E-state index contributed by atoms with van der Waals surface area (Å²) in [4.78, 5) is 13.6. The van der Waals surface area contributed by atoms with Crippen LogP contribution in [-0.2, 0) is 9.53 Å². The number of ether oxygens (including phenoxy) is 1. The van der Waals surface area contributed by atoms with Gasteiger partial charge in [-0.25, -0.2) is 0 Å². The van der Waals surface area contributed by atoms with E-state index >= 15 is 0 Å². The van der Waals surface area contributed by atoms with Crippen LogP contribution < -0.4 is 5.32 Å². The van der Waals surface area contributed by atoms with Crippen molar-refractivity contribution in [3.8, 4) is 0 Å². The van der Waals surface area contributed by atoms with Gasteiger partial charge in [0.25, 0.3) is 0 Å². The van der Waals surface area contributed by atoms with E-state index in [2.05, 4.69) is 24.2 Å². The van der Waals surface area contributed by atoms with Crippen molar-refractivity contribution in [2.24, 2.45) is 5.92 Å². The second kappa shape index (κ2) is 6.36. The molecule has 1 saturated carbocycles. The second-order valence-corrected chi connectivity index (χ2v) is 5.02. The molecule has 0 unspecified atom stereocenters. The van der Waals surface area contributed by atoms with Crippen LogP contribution in [0.2, 0.25) is 0 Å². The molecule has 0 spiro atoms. The van der Waals surface area contributed by atoms with Crippen LogP contribution in [-0.4, -0.2) is 44.3 Å². The van der Waals surface area contributed by atoms with Gasteiger partial charge in [0.2, 0.25) is 0 Å². The number of esters is 1. The molecule has 0 amide bonds. The molecule has 0 aromatic heterocycles. The molecule has 0 aliphatic heterocycles. The van der Waals surface area contributed by atoms with Crippen LogP contribution in [0.4, 0.5) is 0 Å². The quantitative estimate of drug-likeness (QED) is 0.587. The second-order valence-electron chi connectivity index (χ2n) is 5.02. The highest BCUT2D eigenvalue weighted by molar-refractivity contribution is 5.69. The number of carbonyl (C=O) groups is 1. The number of nitrogens with zero attached hydrogens (tertiary/aromatic N) is 1. The van der Waals surface area contributed by atoms with E-state index in [4.69, 9.17) is 4.74 Å². The maximum absolute atomic E-state index is 11.3. The molecule has 0 bridgehead atoms. The Balaban J connectivity index is 2.50. The molecule has 1 rings (SSSR count). The van der Waals surface area contributed by atoms with Gasteiger partial charge in [0.15, 0.2) is 0 Å². The molecule has 0 radical (unpaired) electrons. The van der Waals surface area contributed by atoms with E-state index in [0.717, 1.165) is 32.2 Å². The van der Waals surface area contributed by atoms with Gasteiger partial charge in [-0.2, -0.15) is 0 Å². The van der Waals surface area contributed by atoms with E-state index < -0.39 is 0 Å². The van der Waals surface area contributed by atoms with Gasteiger partial charge in [0.1, 0.15) is 0 Å². The topological polar surface area (TPSA) is 41.6 Å². The first-order chi connectivity index (χ1) is 8.07. The maximum atomic E-state index is 11.3. The van der Waals surface area contributed by atoms with Gasteiger partial charge in [-0.3, -0.25) is 9.69 Å². The third-order valence-corrected chi connectivity index (χ3v) is 4.29. The number of methoxy groups -OCH3 is 1. The Labute approximate surface area is 105 Å². The van der Waals surface area contributed by atoms with Crippen LogP contribution in [0, 0.1) is 5.92 Å². The van der Waals surface area contributed by atoms with Gasteiger partial charge in [-0.05, 0) is 52.2 Å². The summed E-state index contributed by atoms with van der Waals surface area (Å²) in [7, 11) is 5.66. The molecule has 4 nitrogen and oxygen atoms in total. The van der Waals surface area contributed by atoms with Crippen molar-refractivity contribution >= 4 is 5.97 Å². The molecular weight excluding hydrogens is 216 g/mol. The molecule has 1 aliphatic carbocycles. The minimum atomic E-state index is -0.0733. The molecular formula is C13H26N2O2. The summed E-state index contributed by atoms with van der Waals surface area (Å²) in [6.07, 6.45) is 4.98. The summed E-state index contributed by atoms with van der Waals surface area (Å²) in [5.41, 5.74) is 0.126. The maximum Gasteiger partial charge on any atom is 0.305 e. The molecule has 4 heteroatoms. The fourth-order valence-corrected chi connectivity index (χ4v) is 2.80. The third-order valence-electron chi connectivity index (χ3n) is 4.29. The minimum absolute atomic E-state index is 0.0733. The third kappa shape index (κ3) is 3.42. The van der Waals surface area contributed by atoms with Gasteiger partial charge in [0, 0.05) is 6.42 Å². The Morgan fingerprint density at radius 2 is 2.06 bits per heavy atom. The van der Waals surface area contributed by atoms with Gasteiger partial charge in [-0.15, -0.1) is 0 Å². The Hall–Kier alpha value is -0.610. The van der Waals surface area contributed by atoms with Gasteiger partial charge < -0.3 is 10.1 Å². The molecule has 0 saturated heterocycles. The van der Waals surface area contributed by atoms with Crippen molar-refractivity contribution in [1.29, 1.82) is 0 Å². The lowest BCUT2D eigenvalue weighted by atomic mass is 9.79. The van der Waals surface area contributed by atoms with Crippen molar-refractivity contribution in [3.05, 3.63) is 0 Å². The number of nitrogens with one attached hydrogen (secondary N) is 1. The molecule has 1 fully saturated rings. The largest absolute Gasteiger partial charge is 0.469 e. The van der Waals surface area contributed by atoms with Crippen molar-refractivity contribution in [1.82, 2.24) is 10.2 Å². The molecule has 17 heavy (non-hydrogen) atoms. The van der Waals surface area contributed by atoms with Crippen LogP contribution in [0.5, 0.6) is 0 Å². The molecule has 0 atom stereocenters. The van der Waals surface area contributed by atoms with Crippen molar-refractivity contribution in [3.63, 3.8) is 0 Å². The molecule has 0 heterocycles. The van der Waals surface area contributed by atoms with E-state index in [0.29, 0.717) is 12.3 Å². The van der Waals surface area contributed by atoms with E-state index in [1.165, 1.54) is 7.11 Å². The number of rotatable bonds is 5. The monoisotopic (exact) mass is 242 g/mol. The molecule has 100 valence electrons. The predicted octanol–water partition coefficient (Wildman–Crippen LogP) is 1.61. The average Bonchev–Trinajstić information content (AvgIpc) is 2.38. The highest BCUT2D eigenvalue weighted by Crippen LogP contribution is 2.35. The highest BCUT2D eigenvalue weighted by atomic mass is 16.5. The average molecular weight is 242 g/mol. The Morgan fingerprint density at radius 3 is 2.47 bits per heavy atom. The van der Waals surface area contributed by atoms with Gasteiger partial charge in [0.05, 0.1) is 12.8 Å². The normalized spacial score (nSPS) is 29.4. The van der Waals surface area contributed by atoms with Crippen molar-refractivity contribution < 1.29 is 9.53 Å². The zero-order valence-corrected chi connectivity index (χ0v) is 11.6. The fraction of sp³-hybridized carbons (Fsp3) is 0.923. The fourth-order valence-electron chi connectivity index (χ4n) is 2.80. The number of hydrogen-bond donors (Lipinski definition) is 1. The lowest BCUT2D eigenvalue weighted by molar-refractivity contribution is -0.142. The summed E-state index contributed by atoms with van der Waals surface area (Å²) >= 11 is 0. The lowest BCUT2D eigenvalue weighted by Crippen LogP contribution is -2.57. The summed E-state index contributed by atoms with van der Waals surface area (Å²) in [6, 6.07) is 0. The highest BCUT2D eigenvalue weighted by Gasteiger charge is 2.37. The number of carbonyl (C=O) groups excluding carboxylic acids is 1. The van der Waals surface area contributed by atoms with Crippen molar-refractivity contribution in [2.75, 3.05) is 27.7 Å². The predicted molar refractivity (Wildman–Crippen MR) is 68.7 cm³/mol. The van der Waals surface area contributed by atoms with E-state index in [1.54, 1.807) is 0 Å². The SMILES string of the molecule is CCN(C)C1(NC)CCC(CC(=O)OC)CC1. The van der Waals surface area contributed by atoms with E-state index in [9.17, 15) is 4.79 Å². The zero-order valence-electron chi connectivity index (χ0n) is 11.6. The van der Waals surface area contributed by atoms with E-state index in [-0.39, 0.29) is 11.6 Å². The van der Waals surface area contributed by atoms with Crippen LogP contribution in [0.3, 0.4) is 0 Å². The summed E-state index contributed by atoms with van der Waals surface area (Å²) in [5.74, 6) is 0.421. The minimum Gasteiger partial charge on any atom is -0.469 e. The van der Waals surface area contributed by atoms with Crippen LogP contribution in [0.1, 0.15) is 39.0 Å². The first-order valence-electron chi connectivity index (χ1n) is 6.55. The van der Waals surface area contributed by atoms with Crippen LogP contribution >= 0.6 is 0 Å². The molecule has 0 aromatic carbocycles. The summed E-state index contributed by atoms with van der Waals surface area (Å²) in [5, 5.41) is 3.47. The molecule has 0 aromatic rings. The number of hydrogen-bond acceptors (Lipinski definition) is 4. The van der Waals surface area contributed by atoms with Crippen molar-refractivity contribution in [2.45, 2.75) is 44.7 Å². The smallest absolute Gasteiger partial charge is 0.305 e. The van der Waals surface area contributed by atoms with Gasteiger partial charge in [-0.1, -0.05) is 6.92 Å². The Kier molecular flexibility index (Phi) is 5.40. The molecule has 1 N–H and O–H groups in total. The Morgan fingerprint density at radius 1 is 1.47 bits per heavy atom. The first kappa shape index (κ1) is 14.5. The van der Waals surface area contributed by atoms with Crippen LogP contribution in [0.15, 0.2) is 0 Å². The Bertz CT molecular complexity index is 248. The first-order valence-corrected chi connectivity index (χ1v) is 6.55. The lowest BCUT2D eigenvalue weighted by Gasteiger charge is -2.46. The van der Waals surface area contributed by atoms with Gasteiger partial charge >= 0.3 is 5.97 Å². The summed E-state index contributed by atoms with van der Waals surface area (Å²) < 4.78 is 4.73. The van der Waals surface area contributed by atoms with Crippen LogP contribution in [0.25, 0.3) is 0 Å². The summed E-state index contributed by atoms with van der Waals surface area (Å²) in [6.45, 7) is 3.22.